The van der Waals surface area contributed by atoms with E-state index in [2.05, 4.69) is 10.6 Å². The number of carbonyl (C=O) groups excluding carboxylic acids is 2. The lowest BCUT2D eigenvalue weighted by atomic mass is 10.1. The maximum Gasteiger partial charge on any atom is 0.265 e. The predicted molar refractivity (Wildman–Crippen MR) is 92.7 cm³/mol. The molecule has 1 unspecified atom stereocenters. The van der Waals surface area contributed by atoms with Crippen molar-refractivity contribution in [2.24, 2.45) is 0 Å². The lowest BCUT2D eigenvalue weighted by Crippen LogP contribution is -2.34. The molecule has 0 aromatic heterocycles. The van der Waals surface area contributed by atoms with Crippen LogP contribution >= 0.6 is 0 Å². The quantitative estimate of drug-likeness (QED) is 0.892. The molecule has 3 rings (SSSR count). The summed E-state index contributed by atoms with van der Waals surface area (Å²) in [6, 6.07) is 9.96. The smallest absolute Gasteiger partial charge is 0.265 e. The van der Waals surface area contributed by atoms with Gasteiger partial charge in [0.05, 0.1) is 19.9 Å². The SMILES string of the molecule is COc1ccc(NC(=O)c2ccc3c(c2)OC(C)C(=O)N3)cc1OC. The van der Waals surface area contributed by atoms with Gasteiger partial charge in [0.25, 0.3) is 11.8 Å². The summed E-state index contributed by atoms with van der Waals surface area (Å²) in [4.78, 5) is 24.1. The molecule has 0 saturated heterocycles. The lowest BCUT2D eigenvalue weighted by molar-refractivity contribution is -0.122. The molecule has 2 aromatic carbocycles. The normalized spacial score (nSPS) is 15.5. The highest BCUT2D eigenvalue weighted by atomic mass is 16.5. The topological polar surface area (TPSA) is 85.9 Å². The predicted octanol–water partition coefficient (Wildman–Crippen LogP) is 2.68. The van der Waals surface area contributed by atoms with Crippen LogP contribution in [0.25, 0.3) is 0 Å². The average molecular weight is 342 g/mol. The van der Waals surface area contributed by atoms with Crippen LogP contribution in [0.2, 0.25) is 0 Å². The number of amides is 2. The van der Waals surface area contributed by atoms with Gasteiger partial charge < -0.3 is 24.8 Å². The Morgan fingerprint density at radius 2 is 1.88 bits per heavy atom. The molecular weight excluding hydrogens is 324 g/mol. The van der Waals surface area contributed by atoms with Gasteiger partial charge in [-0.05, 0) is 37.3 Å². The van der Waals surface area contributed by atoms with E-state index in [0.29, 0.717) is 34.2 Å². The van der Waals surface area contributed by atoms with Crippen molar-refractivity contribution in [3.8, 4) is 17.2 Å². The number of ether oxygens (including phenoxy) is 3. The highest BCUT2D eigenvalue weighted by Crippen LogP contribution is 2.32. The lowest BCUT2D eigenvalue weighted by Gasteiger charge is -2.23. The molecule has 2 aromatic rings. The second-order valence-electron chi connectivity index (χ2n) is 5.48. The maximum atomic E-state index is 12.5. The van der Waals surface area contributed by atoms with Crippen molar-refractivity contribution < 1.29 is 23.8 Å². The molecule has 0 bridgehead atoms. The van der Waals surface area contributed by atoms with Gasteiger partial charge in [0.1, 0.15) is 5.75 Å². The Kier molecular flexibility index (Phi) is 4.47. The fourth-order valence-electron chi connectivity index (χ4n) is 2.46. The number of fused-ring (bicyclic) bond motifs is 1. The first-order valence-electron chi connectivity index (χ1n) is 7.66. The molecule has 0 radical (unpaired) electrons. The van der Waals surface area contributed by atoms with Crippen molar-refractivity contribution in [3.05, 3.63) is 42.0 Å². The Labute approximate surface area is 144 Å². The van der Waals surface area contributed by atoms with Crippen LogP contribution in [0, 0.1) is 0 Å². The van der Waals surface area contributed by atoms with E-state index in [1.165, 1.54) is 7.11 Å². The largest absolute Gasteiger partial charge is 0.493 e. The first-order valence-corrected chi connectivity index (χ1v) is 7.66. The Balaban J connectivity index is 1.80. The van der Waals surface area contributed by atoms with Gasteiger partial charge in [-0.2, -0.15) is 0 Å². The van der Waals surface area contributed by atoms with Crippen LogP contribution in [-0.2, 0) is 4.79 Å². The fraction of sp³-hybridized carbons (Fsp3) is 0.222. The molecule has 0 fully saturated rings. The van der Waals surface area contributed by atoms with E-state index in [4.69, 9.17) is 14.2 Å². The summed E-state index contributed by atoms with van der Waals surface area (Å²) in [7, 11) is 3.07. The zero-order valence-corrected chi connectivity index (χ0v) is 14.1. The average Bonchev–Trinajstić information content (AvgIpc) is 2.62. The molecule has 1 atom stereocenters. The molecule has 25 heavy (non-hydrogen) atoms. The van der Waals surface area contributed by atoms with Gasteiger partial charge in [-0.3, -0.25) is 9.59 Å². The van der Waals surface area contributed by atoms with Crippen molar-refractivity contribution in [1.82, 2.24) is 0 Å². The number of anilines is 2. The minimum Gasteiger partial charge on any atom is -0.493 e. The third-order valence-corrected chi connectivity index (χ3v) is 3.82. The molecule has 1 aliphatic heterocycles. The molecular formula is C18H18N2O5. The van der Waals surface area contributed by atoms with Crippen molar-refractivity contribution in [1.29, 1.82) is 0 Å². The van der Waals surface area contributed by atoms with E-state index in [0.717, 1.165) is 0 Å². The van der Waals surface area contributed by atoms with Gasteiger partial charge in [-0.15, -0.1) is 0 Å². The third kappa shape index (κ3) is 3.35. The van der Waals surface area contributed by atoms with Crippen LogP contribution in [0.5, 0.6) is 17.2 Å². The van der Waals surface area contributed by atoms with E-state index >= 15 is 0 Å². The number of rotatable bonds is 4. The fourth-order valence-corrected chi connectivity index (χ4v) is 2.46. The Morgan fingerprint density at radius 1 is 1.12 bits per heavy atom. The van der Waals surface area contributed by atoms with Crippen LogP contribution in [0.3, 0.4) is 0 Å². The summed E-state index contributed by atoms with van der Waals surface area (Å²) < 4.78 is 15.9. The van der Waals surface area contributed by atoms with Crippen molar-refractivity contribution in [2.75, 3.05) is 24.9 Å². The number of nitrogens with one attached hydrogen (secondary N) is 2. The second kappa shape index (κ2) is 6.72. The molecule has 0 saturated carbocycles. The summed E-state index contributed by atoms with van der Waals surface area (Å²) in [5, 5.41) is 5.52. The first-order chi connectivity index (χ1) is 12.0. The van der Waals surface area contributed by atoms with E-state index in [-0.39, 0.29) is 11.8 Å². The van der Waals surface area contributed by atoms with Crippen LogP contribution in [-0.4, -0.2) is 32.1 Å². The van der Waals surface area contributed by atoms with Gasteiger partial charge in [-0.1, -0.05) is 0 Å². The third-order valence-electron chi connectivity index (χ3n) is 3.82. The van der Waals surface area contributed by atoms with Gasteiger partial charge in [0.2, 0.25) is 0 Å². The molecule has 2 amide bonds. The molecule has 1 aliphatic rings. The number of benzene rings is 2. The molecule has 7 heteroatoms. The van der Waals surface area contributed by atoms with Crippen LogP contribution < -0.4 is 24.8 Å². The molecule has 0 spiro atoms. The Bertz CT molecular complexity index is 834. The monoisotopic (exact) mass is 342 g/mol. The molecule has 7 nitrogen and oxygen atoms in total. The maximum absolute atomic E-state index is 12.5. The number of hydrogen-bond acceptors (Lipinski definition) is 5. The second-order valence-corrected chi connectivity index (χ2v) is 5.48. The molecule has 130 valence electrons. The van der Waals surface area contributed by atoms with E-state index in [9.17, 15) is 9.59 Å². The van der Waals surface area contributed by atoms with Crippen molar-refractivity contribution in [3.63, 3.8) is 0 Å². The van der Waals surface area contributed by atoms with Gasteiger partial charge in [-0.25, -0.2) is 0 Å². The van der Waals surface area contributed by atoms with Gasteiger partial charge >= 0.3 is 0 Å². The minimum absolute atomic E-state index is 0.213. The number of hydrogen-bond donors (Lipinski definition) is 2. The summed E-state index contributed by atoms with van der Waals surface area (Å²) >= 11 is 0. The van der Waals surface area contributed by atoms with E-state index < -0.39 is 6.10 Å². The standard InChI is InChI=1S/C18H18N2O5/c1-10-17(21)20-13-6-4-11(8-15(13)25-10)18(22)19-12-5-7-14(23-2)16(9-12)24-3/h4-10H,1-3H3,(H,19,22)(H,20,21). The van der Waals surface area contributed by atoms with Gasteiger partial charge in [0, 0.05) is 17.3 Å². The van der Waals surface area contributed by atoms with Gasteiger partial charge in [0.15, 0.2) is 17.6 Å². The molecule has 0 aliphatic carbocycles. The summed E-state index contributed by atoms with van der Waals surface area (Å²) in [6.45, 7) is 1.65. The van der Waals surface area contributed by atoms with Crippen LogP contribution in [0.15, 0.2) is 36.4 Å². The minimum atomic E-state index is -0.600. The highest BCUT2D eigenvalue weighted by molar-refractivity contribution is 6.06. The Morgan fingerprint density at radius 3 is 2.60 bits per heavy atom. The number of carbonyl (C=O) groups is 2. The molecule has 2 N–H and O–H groups in total. The summed E-state index contributed by atoms with van der Waals surface area (Å²) in [5.74, 6) is 1.04. The van der Waals surface area contributed by atoms with Crippen LogP contribution in [0.4, 0.5) is 11.4 Å². The van der Waals surface area contributed by atoms with E-state index in [1.807, 2.05) is 0 Å². The summed E-state index contributed by atoms with van der Waals surface area (Å²) in [6.07, 6.45) is -0.600. The first kappa shape index (κ1) is 16.6. The zero-order valence-electron chi connectivity index (χ0n) is 14.1. The zero-order chi connectivity index (χ0) is 18.0. The van der Waals surface area contributed by atoms with Crippen molar-refractivity contribution >= 4 is 23.2 Å². The highest BCUT2D eigenvalue weighted by Gasteiger charge is 2.24. The Hall–Kier alpha value is -3.22. The van der Waals surface area contributed by atoms with Crippen molar-refractivity contribution in [2.45, 2.75) is 13.0 Å². The van der Waals surface area contributed by atoms with Crippen LogP contribution in [0.1, 0.15) is 17.3 Å². The van der Waals surface area contributed by atoms with E-state index in [1.54, 1.807) is 50.4 Å². The number of methoxy groups -OCH3 is 2. The summed E-state index contributed by atoms with van der Waals surface area (Å²) in [5.41, 5.74) is 1.53. The molecule has 1 heterocycles.